The minimum absolute atomic E-state index is 0.0567. The lowest BCUT2D eigenvalue weighted by Gasteiger charge is -2.13. The third kappa shape index (κ3) is 4.70. The number of carbonyl (C=O) groups is 2. The molecule has 1 aliphatic heterocycles. The van der Waals surface area contributed by atoms with Gasteiger partial charge in [0.1, 0.15) is 30.0 Å². The Bertz CT molecular complexity index is 762. The summed E-state index contributed by atoms with van der Waals surface area (Å²) in [6.07, 6.45) is 0.350. The largest absolute Gasteiger partial charge is 0.486 e. The smallest absolute Gasteiger partial charge is 0.329 e. The van der Waals surface area contributed by atoms with E-state index in [1.807, 2.05) is 12.3 Å². The van der Waals surface area contributed by atoms with Crippen LogP contribution in [0.4, 0.5) is 0 Å². The Morgan fingerprint density at radius 2 is 2.12 bits per heavy atom. The van der Waals surface area contributed by atoms with Crippen molar-refractivity contribution in [2.24, 2.45) is 5.92 Å². The van der Waals surface area contributed by atoms with E-state index in [4.69, 9.17) is 21.1 Å². The van der Waals surface area contributed by atoms with E-state index in [1.165, 1.54) is 11.3 Å². The van der Waals surface area contributed by atoms with Gasteiger partial charge in [0.2, 0.25) is 5.91 Å². The first-order valence-corrected chi connectivity index (χ1v) is 9.04. The molecule has 0 spiro atoms. The van der Waals surface area contributed by atoms with E-state index in [-0.39, 0.29) is 18.4 Å². The number of amides is 1. The van der Waals surface area contributed by atoms with Gasteiger partial charge < -0.3 is 14.8 Å². The van der Waals surface area contributed by atoms with Crippen molar-refractivity contribution in [3.8, 4) is 5.75 Å². The molecule has 8 heteroatoms. The second-order valence-electron chi connectivity index (χ2n) is 5.81. The first-order valence-electron chi connectivity index (χ1n) is 7.79. The van der Waals surface area contributed by atoms with Crippen LogP contribution in [0.25, 0.3) is 0 Å². The predicted octanol–water partition coefficient (Wildman–Crippen LogP) is 2.94. The number of hydrogen-bond acceptors (Lipinski definition) is 6. The molecule has 2 aromatic rings. The van der Waals surface area contributed by atoms with Crippen LogP contribution in [0, 0.1) is 5.92 Å². The molecule has 0 radical (unpaired) electrons. The highest BCUT2D eigenvalue weighted by Crippen LogP contribution is 2.20. The lowest BCUT2D eigenvalue weighted by atomic mass is 10.0. The topological polar surface area (TPSA) is 77.5 Å². The fourth-order valence-electron chi connectivity index (χ4n) is 2.47. The molecule has 1 amide bonds. The van der Waals surface area contributed by atoms with Gasteiger partial charge in [-0.05, 0) is 30.2 Å². The van der Waals surface area contributed by atoms with E-state index in [1.54, 1.807) is 24.3 Å². The number of benzene rings is 1. The zero-order valence-electron chi connectivity index (χ0n) is 13.5. The molecule has 3 rings (SSSR count). The van der Waals surface area contributed by atoms with Gasteiger partial charge in [-0.25, -0.2) is 9.78 Å². The van der Waals surface area contributed by atoms with Gasteiger partial charge in [0.25, 0.3) is 0 Å². The Balaban J connectivity index is 1.47. The molecule has 6 nitrogen and oxygen atoms in total. The maximum atomic E-state index is 12.0. The molecular formula is C17H17ClN2O4S. The van der Waals surface area contributed by atoms with Crippen molar-refractivity contribution in [1.29, 1.82) is 0 Å². The Hall–Kier alpha value is -2.12. The summed E-state index contributed by atoms with van der Waals surface area (Å²) in [4.78, 5) is 27.7. The molecule has 25 heavy (non-hydrogen) atoms. The van der Waals surface area contributed by atoms with E-state index in [9.17, 15) is 9.59 Å². The van der Waals surface area contributed by atoms with Crippen molar-refractivity contribution >= 4 is 34.8 Å². The maximum absolute atomic E-state index is 12.0. The summed E-state index contributed by atoms with van der Waals surface area (Å²) in [5.41, 5.74) is 0.657. The van der Waals surface area contributed by atoms with Gasteiger partial charge >= 0.3 is 5.97 Å². The van der Waals surface area contributed by atoms with Crippen LogP contribution in [0.5, 0.6) is 5.75 Å². The molecule has 132 valence electrons. The van der Waals surface area contributed by atoms with Gasteiger partial charge in [-0.15, -0.1) is 11.3 Å². The Morgan fingerprint density at radius 3 is 2.80 bits per heavy atom. The third-order valence-corrected chi connectivity index (χ3v) is 4.91. The number of esters is 1. The van der Waals surface area contributed by atoms with Gasteiger partial charge in [0, 0.05) is 16.8 Å². The second-order valence-corrected chi connectivity index (χ2v) is 7.19. The molecule has 1 saturated heterocycles. The molecule has 2 unspecified atom stereocenters. The van der Waals surface area contributed by atoms with Crippen LogP contribution in [-0.2, 0) is 27.5 Å². The highest BCUT2D eigenvalue weighted by atomic mass is 35.5. The molecule has 2 atom stereocenters. The van der Waals surface area contributed by atoms with Crippen LogP contribution in [0.2, 0.25) is 5.02 Å². The van der Waals surface area contributed by atoms with E-state index < -0.39 is 12.0 Å². The molecule has 2 heterocycles. The molecular weight excluding hydrogens is 364 g/mol. The van der Waals surface area contributed by atoms with Crippen LogP contribution in [-0.4, -0.2) is 22.9 Å². The molecule has 0 bridgehead atoms. The quantitative estimate of drug-likeness (QED) is 0.779. The van der Waals surface area contributed by atoms with E-state index in [0.29, 0.717) is 29.5 Å². The van der Waals surface area contributed by atoms with E-state index in [2.05, 4.69) is 10.3 Å². The fraction of sp³-hybridized carbons (Fsp3) is 0.353. The predicted molar refractivity (Wildman–Crippen MR) is 93.4 cm³/mol. The van der Waals surface area contributed by atoms with Gasteiger partial charge in [0.15, 0.2) is 0 Å². The van der Waals surface area contributed by atoms with Crippen molar-refractivity contribution in [3.63, 3.8) is 0 Å². The number of nitrogens with zero attached hydrogens (tertiary/aromatic N) is 1. The summed E-state index contributed by atoms with van der Waals surface area (Å²) in [6.45, 7) is 2.25. The zero-order valence-corrected chi connectivity index (χ0v) is 15.1. The zero-order chi connectivity index (χ0) is 17.8. The summed E-state index contributed by atoms with van der Waals surface area (Å²) in [7, 11) is 0. The maximum Gasteiger partial charge on any atom is 0.329 e. The van der Waals surface area contributed by atoms with E-state index in [0.717, 1.165) is 5.01 Å². The molecule has 1 aromatic heterocycles. The number of thiazole rings is 1. The molecule has 1 N–H and O–H groups in total. The fourth-order valence-corrected chi connectivity index (χ4v) is 3.28. The lowest BCUT2D eigenvalue weighted by molar-refractivity contribution is -0.148. The highest BCUT2D eigenvalue weighted by molar-refractivity contribution is 7.09. The summed E-state index contributed by atoms with van der Waals surface area (Å²) in [5, 5.41) is 5.88. The van der Waals surface area contributed by atoms with Crippen LogP contribution < -0.4 is 10.1 Å². The first-order chi connectivity index (χ1) is 12.0. The minimum Gasteiger partial charge on any atom is -0.486 e. The van der Waals surface area contributed by atoms with Crippen molar-refractivity contribution < 1.29 is 19.1 Å². The van der Waals surface area contributed by atoms with Crippen molar-refractivity contribution in [3.05, 3.63) is 45.4 Å². The standard InChI is InChI=1S/C17H17ClN2O4S/c1-10-6-14(21)20-16(10)17(22)24-7-12-9-25-15(19-12)8-23-13-4-2-11(18)3-5-13/h2-5,9-10,16H,6-8H2,1H3,(H,20,21). The van der Waals surface area contributed by atoms with Crippen LogP contribution >= 0.6 is 22.9 Å². The number of hydrogen-bond donors (Lipinski definition) is 1. The Labute approximate surface area is 154 Å². The summed E-state index contributed by atoms with van der Waals surface area (Å²) in [5.74, 6) is 0.104. The Morgan fingerprint density at radius 1 is 1.36 bits per heavy atom. The number of ether oxygens (including phenoxy) is 2. The summed E-state index contributed by atoms with van der Waals surface area (Å²) < 4.78 is 10.9. The van der Waals surface area contributed by atoms with Gasteiger partial charge in [-0.1, -0.05) is 18.5 Å². The molecule has 1 aromatic carbocycles. The second kappa shape index (κ2) is 7.84. The molecule has 1 fully saturated rings. The van der Waals surface area contributed by atoms with Gasteiger partial charge in [-0.2, -0.15) is 0 Å². The van der Waals surface area contributed by atoms with Gasteiger partial charge in [0.05, 0.1) is 5.69 Å². The number of nitrogens with one attached hydrogen (secondary N) is 1. The average Bonchev–Trinajstić information content (AvgIpc) is 3.18. The van der Waals surface area contributed by atoms with Crippen LogP contribution in [0.3, 0.4) is 0 Å². The lowest BCUT2D eigenvalue weighted by Crippen LogP contribution is -2.37. The van der Waals surface area contributed by atoms with Crippen molar-refractivity contribution in [1.82, 2.24) is 10.3 Å². The number of rotatable bonds is 6. The molecule has 0 aliphatic carbocycles. The minimum atomic E-state index is -0.571. The van der Waals surface area contributed by atoms with E-state index >= 15 is 0 Å². The average molecular weight is 381 g/mol. The number of aromatic nitrogens is 1. The SMILES string of the molecule is CC1CC(=O)NC1C(=O)OCc1csc(COc2ccc(Cl)cc2)n1. The van der Waals surface area contributed by atoms with Crippen LogP contribution in [0.1, 0.15) is 24.0 Å². The molecule has 1 aliphatic rings. The van der Waals surface area contributed by atoms with Crippen LogP contribution in [0.15, 0.2) is 29.6 Å². The highest BCUT2D eigenvalue weighted by Gasteiger charge is 2.35. The molecule has 0 saturated carbocycles. The monoisotopic (exact) mass is 380 g/mol. The van der Waals surface area contributed by atoms with Crippen molar-refractivity contribution in [2.75, 3.05) is 0 Å². The third-order valence-electron chi connectivity index (χ3n) is 3.78. The Kier molecular flexibility index (Phi) is 5.55. The van der Waals surface area contributed by atoms with Crippen molar-refractivity contribution in [2.45, 2.75) is 32.6 Å². The first kappa shape index (κ1) is 17.7. The summed E-state index contributed by atoms with van der Waals surface area (Å²) in [6, 6.07) is 6.52. The number of carbonyl (C=O) groups excluding carboxylic acids is 2. The normalized spacial score (nSPS) is 19.5. The van der Waals surface area contributed by atoms with Gasteiger partial charge in [-0.3, -0.25) is 4.79 Å². The summed E-state index contributed by atoms with van der Waals surface area (Å²) >= 11 is 7.26. The number of halogens is 1.